The van der Waals surface area contributed by atoms with Gasteiger partial charge in [0.25, 0.3) is 5.56 Å². The molecule has 22 heavy (non-hydrogen) atoms. The Morgan fingerprint density at radius 1 is 1.14 bits per heavy atom. The predicted molar refractivity (Wildman–Crippen MR) is 82.7 cm³/mol. The van der Waals surface area contributed by atoms with E-state index in [1.54, 1.807) is 4.57 Å². The van der Waals surface area contributed by atoms with Crippen molar-refractivity contribution in [2.75, 3.05) is 0 Å². The average molecular weight is 298 g/mol. The van der Waals surface area contributed by atoms with Crippen molar-refractivity contribution in [2.24, 2.45) is 0 Å². The molecule has 0 aromatic carbocycles. The summed E-state index contributed by atoms with van der Waals surface area (Å²) in [7, 11) is 0. The molecule has 7 nitrogen and oxygen atoms in total. The molecule has 3 aromatic rings. The third-order valence-corrected chi connectivity index (χ3v) is 3.76. The van der Waals surface area contributed by atoms with Crippen LogP contribution < -0.4 is 5.56 Å². The quantitative estimate of drug-likeness (QED) is 0.728. The van der Waals surface area contributed by atoms with Crippen LogP contribution in [-0.2, 0) is 13.1 Å². The number of nitrogens with zero attached hydrogens (tertiary/aromatic N) is 6. The van der Waals surface area contributed by atoms with Gasteiger partial charge in [0, 0.05) is 30.2 Å². The molecule has 0 radical (unpaired) electrons. The molecule has 0 aliphatic heterocycles. The minimum absolute atomic E-state index is 0.180. The summed E-state index contributed by atoms with van der Waals surface area (Å²) in [5.41, 5.74) is 3.57. The van der Waals surface area contributed by atoms with E-state index < -0.39 is 0 Å². The van der Waals surface area contributed by atoms with E-state index in [0.29, 0.717) is 17.7 Å². The van der Waals surface area contributed by atoms with E-state index in [4.69, 9.17) is 0 Å². The lowest BCUT2D eigenvalue weighted by Gasteiger charge is -2.07. The monoisotopic (exact) mass is 298 g/mol. The lowest BCUT2D eigenvalue weighted by Crippen LogP contribution is -2.22. The smallest absolute Gasteiger partial charge is 0.281 e. The van der Waals surface area contributed by atoms with Crippen molar-refractivity contribution in [3.63, 3.8) is 0 Å². The van der Waals surface area contributed by atoms with Crippen molar-refractivity contribution in [1.29, 1.82) is 0 Å². The summed E-state index contributed by atoms with van der Waals surface area (Å²) in [6.45, 7) is 7.44. The topological polar surface area (TPSA) is 78.5 Å². The Morgan fingerprint density at radius 3 is 2.68 bits per heavy atom. The van der Waals surface area contributed by atoms with Gasteiger partial charge in [-0.25, -0.2) is 15.0 Å². The summed E-state index contributed by atoms with van der Waals surface area (Å²) in [5, 5.41) is 4.54. The maximum Gasteiger partial charge on any atom is 0.281 e. The molecule has 0 spiro atoms. The highest BCUT2D eigenvalue weighted by molar-refractivity contribution is 5.66. The first kappa shape index (κ1) is 14.4. The van der Waals surface area contributed by atoms with Gasteiger partial charge in [-0.3, -0.25) is 14.0 Å². The summed E-state index contributed by atoms with van der Waals surface area (Å²) in [4.78, 5) is 24.8. The largest absolute Gasteiger partial charge is 0.293 e. The highest BCUT2D eigenvalue weighted by Gasteiger charge is 2.13. The Balaban J connectivity index is 2.04. The molecular weight excluding hydrogens is 280 g/mol. The predicted octanol–water partition coefficient (Wildman–Crippen LogP) is 1.46. The number of hydrogen-bond acceptors (Lipinski definition) is 5. The molecule has 0 aliphatic rings. The van der Waals surface area contributed by atoms with Crippen LogP contribution >= 0.6 is 0 Å². The van der Waals surface area contributed by atoms with Crippen LogP contribution in [0.15, 0.2) is 23.5 Å². The Bertz CT molecular complexity index is 879. The van der Waals surface area contributed by atoms with Gasteiger partial charge in [-0.15, -0.1) is 0 Å². The van der Waals surface area contributed by atoms with E-state index in [9.17, 15) is 4.79 Å². The molecule has 0 amide bonds. The molecule has 0 saturated carbocycles. The fraction of sp³-hybridized carbons (Fsp3) is 0.400. The van der Waals surface area contributed by atoms with E-state index in [-0.39, 0.29) is 5.56 Å². The molecule has 3 aromatic heterocycles. The molecule has 0 bridgehead atoms. The Hall–Kier alpha value is -2.57. The van der Waals surface area contributed by atoms with Crippen LogP contribution in [0, 0.1) is 13.8 Å². The SMILES string of the molecule is CCCn1nc(C)c(Cn2cnc3nccnc3c2=O)c1C. The fourth-order valence-corrected chi connectivity index (χ4v) is 2.56. The van der Waals surface area contributed by atoms with Crippen molar-refractivity contribution in [3.05, 3.63) is 46.0 Å². The van der Waals surface area contributed by atoms with Gasteiger partial charge >= 0.3 is 0 Å². The molecule has 0 aliphatic carbocycles. The van der Waals surface area contributed by atoms with Crippen LogP contribution in [0.3, 0.4) is 0 Å². The van der Waals surface area contributed by atoms with Gasteiger partial charge < -0.3 is 0 Å². The molecule has 0 atom stereocenters. The fourth-order valence-electron chi connectivity index (χ4n) is 2.56. The highest BCUT2D eigenvalue weighted by Crippen LogP contribution is 2.14. The van der Waals surface area contributed by atoms with Gasteiger partial charge in [0.1, 0.15) is 6.33 Å². The number of aryl methyl sites for hydroxylation is 2. The van der Waals surface area contributed by atoms with Crippen molar-refractivity contribution in [1.82, 2.24) is 29.3 Å². The van der Waals surface area contributed by atoms with Crippen molar-refractivity contribution < 1.29 is 0 Å². The van der Waals surface area contributed by atoms with Gasteiger partial charge in [0.2, 0.25) is 0 Å². The van der Waals surface area contributed by atoms with Gasteiger partial charge in [0.05, 0.1) is 12.2 Å². The molecule has 114 valence electrons. The Labute approximate surface area is 127 Å². The van der Waals surface area contributed by atoms with Crippen molar-refractivity contribution in [2.45, 2.75) is 40.3 Å². The van der Waals surface area contributed by atoms with Crippen LogP contribution in [0.1, 0.15) is 30.3 Å². The minimum Gasteiger partial charge on any atom is -0.293 e. The lowest BCUT2D eigenvalue weighted by atomic mass is 10.2. The van der Waals surface area contributed by atoms with Crippen molar-refractivity contribution in [3.8, 4) is 0 Å². The zero-order valence-electron chi connectivity index (χ0n) is 12.9. The zero-order chi connectivity index (χ0) is 15.7. The van der Waals surface area contributed by atoms with Crippen LogP contribution in [0.4, 0.5) is 0 Å². The maximum absolute atomic E-state index is 12.5. The van der Waals surface area contributed by atoms with E-state index in [1.165, 1.54) is 18.7 Å². The van der Waals surface area contributed by atoms with Gasteiger partial charge in [0.15, 0.2) is 11.2 Å². The third-order valence-electron chi connectivity index (χ3n) is 3.76. The first-order valence-electron chi connectivity index (χ1n) is 7.31. The number of rotatable bonds is 4. The number of aromatic nitrogens is 6. The first-order valence-corrected chi connectivity index (χ1v) is 7.31. The number of fused-ring (bicyclic) bond motifs is 1. The lowest BCUT2D eigenvalue weighted by molar-refractivity contribution is 0.582. The summed E-state index contributed by atoms with van der Waals surface area (Å²) >= 11 is 0. The van der Waals surface area contributed by atoms with Crippen LogP contribution in [-0.4, -0.2) is 29.3 Å². The van der Waals surface area contributed by atoms with Gasteiger partial charge in [-0.1, -0.05) is 6.92 Å². The normalized spacial score (nSPS) is 11.2. The maximum atomic E-state index is 12.5. The Kier molecular flexibility index (Phi) is 3.70. The summed E-state index contributed by atoms with van der Waals surface area (Å²) in [6, 6.07) is 0. The van der Waals surface area contributed by atoms with E-state index in [0.717, 1.165) is 29.9 Å². The molecule has 0 saturated heterocycles. The van der Waals surface area contributed by atoms with Crippen LogP contribution in [0.25, 0.3) is 11.2 Å². The molecule has 7 heteroatoms. The second-order valence-corrected chi connectivity index (χ2v) is 5.28. The molecule has 0 unspecified atom stereocenters. The average Bonchev–Trinajstić information content (AvgIpc) is 2.78. The standard InChI is InChI=1S/C15H18N6O/c1-4-7-21-11(3)12(10(2)19-21)8-20-9-18-14-13(15(20)22)16-5-6-17-14/h5-6,9H,4,7-8H2,1-3H3. The molecular formula is C15H18N6O. The number of hydrogen-bond donors (Lipinski definition) is 0. The summed E-state index contributed by atoms with van der Waals surface area (Å²) in [5.74, 6) is 0. The summed E-state index contributed by atoms with van der Waals surface area (Å²) < 4.78 is 3.55. The molecule has 0 fully saturated rings. The third kappa shape index (κ3) is 2.38. The first-order chi connectivity index (χ1) is 10.6. The van der Waals surface area contributed by atoms with E-state index in [1.807, 2.05) is 18.5 Å². The molecule has 3 heterocycles. The van der Waals surface area contributed by atoms with Gasteiger partial charge in [-0.05, 0) is 20.3 Å². The van der Waals surface area contributed by atoms with Crippen LogP contribution in [0.5, 0.6) is 0 Å². The Morgan fingerprint density at radius 2 is 1.91 bits per heavy atom. The zero-order valence-corrected chi connectivity index (χ0v) is 12.9. The minimum atomic E-state index is -0.180. The highest BCUT2D eigenvalue weighted by atomic mass is 16.1. The van der Waals surface area contributed by atoms with Crippen molar-refractivity contribution >= 4 is 11.2 Å². The van der Waals surface area contributed by atoms with Crippen LogP contribution in [0.2, 0.25) is 0 Å². The molecule has 3 rings (SSSR count). The second-order valence-electron chi connectivity index (χ2n) is 5.28. The van der Waals surface area contributed by atoms with E-state index in [2.05, 4.69) is 27.0 Å². The second kappa shape index (κ2) is 5.67. The molecule has 0 N–H and O–H groups in total. The van der Waals surface area contributed by atoms with E-state index >= 15 is 0 Å². The summed E-state index contributed by atoms with van der Waals surface area (Å²) in [6.07, 6.45) is 5.58. The van der Waals surface area contributed by atoms with Gasteiger partial charge in [-0.2, -0.15) is 5.10 Å².